The van der Waals surface area contributed by atoms with Gasteiger partial charge in [-0.3, -0.25) is 9.69 Å². The second-order valence-electron chi connectivity index (χ2n) is 7.69. The molecule has 0 unspecified atom stereocenters. The van der Waals surface area contributed by atoms with Crippen LogP contribution in [0.1, 0.15) is 53.5 Å². The molecule has 0 N–H and O–H groups in total. The first kappa shape index (κ1) is 21.3. The minimum absolute atomic E-state index is 0.0651. The summed E-state index contributed by atoms with van der Waals surface area (Å²) in [5.74, 6) is 0.0651. The van der Waals surface area contributed by atoms with Crippen LogP contribution in [0.3, 0.4) is 0 Å². The number of rotatable bonds is 7. The zero-order valence-corrected chi connectivity index (χ0v) is 18.9. The smallest absolute Gasteiger partial charge is 0.265 e. The monoisotopic (exact) mass is 419 g/mol. The van der Waals surface area contributed by atoms with Gasteiger partial charge < -0.3 is 4.90 Å². The summed E-state index contributed by atoms with van der Waals surface area (Å²) in [6.45, 7) is 8.89. The SMILES string of the molecule is CCN(CCN(C)C(=O)c1sc(-c2ccc(Cl)cc2C)nc1C)C1CCCC1. The number of halogens is 1. The summed E-state index contributed by atoms with van der Waals surface area (Å²) in [4.78, 5) is 22.8. The number of thiazole rings is 1. The molecule has 6 heteroatoms. The summed E-state index contributed by atoms with van der Waals surface area (Å²) in [7, 11) is 1.90. The lowest BCUT2D eigenvalue weighted by molar-refractivity contribution is 0.0770. The van der Waals surface area contributed by atoms with Crippen molar-refractivity contribution >= 4 is 28.8 Å². The third kappa shape index (κ3) is 4.76. The highest BCUT2D eigenvalue weighted by atomic mass is 35.5. The van der Waals surface area contributed by atoms with Crippen molar-refractivity contribution in [1.82, 2.24) is 14.8 Å². The fraction of sp³-hybridized carbons (Fsp3) is 0.545. The van der Waals surface area contributed by atoms with Gasteiger partial charge in [-0.1, -0.05) is 37.4 Å². The molecule has 0 spiro atoms. The Bertz CT molecular complexity index is 829. The van der Waals surface area contributed by atoms with Crippen LogP contribution in [-0.2, 0) is 0 Å². The fourth-order valence-corrected chi connectivity index (χ4v) is 5.38. The Morgan fingerprint density at radius 2 is 1.96 bits per heavy atom. The molecule has 28 heavy (non-hydrogen) atoms. The third-order valence-corrected chi connectivity index (χ3v) is 7.14. The van der Waals surface area contributed by atoms with Crippen molar-refractivity contribution in [2.24, 2.45) is 0 Å². The number of benzene rings is 1. The lowest BCUT2D eigenvalue weighted by Gasteiger charge is -2.29. The Balaban J connectivity index is 1.68. The molecule has 1 aliphatic carbocycles. The molecule has 1 aromatic carbocycles. The summed E-state index contributed by atoms with van der Waals surface area (Å²) in [6, 6.07) is 6.48. The first-order valence-electron chi connectivity index (χ1n) is 10.1. The van der Waals surface area contributed by atoms with Crippen LogP contribution in [0.25, 0.3) is 10.6 Å². The molecule has 0 radical (unpaired) electrons. The molecule has 1 amide bonds. The summed E-state index contributed by atoms with van der Waals surface area (Å²) < 4.78 is 0. The zero-order valence-electron chi connectivity index (χ0n) is 17.3. The minimum Gasteiger partial charge on any atom is -0.340 e. The van der Waals surface area contributed by atoms with Gasteiger partial charge in [-0.05, 0) is 50.9 Å². The molecule has 3 rings (SSSR count). The maximum atomic E-state index is 13.0. The van der Waals surface area contributed by atoms with E-state index in [1.165, 1.54) is 37.0 Å². The number of aromatic nitrogens is 1. The average Bonchev–Trinajstić information content (AvgIpc) is 3.31. The van der Waals surface area contributed by atoms with Crippen molar-refractivity contribution in [3.63, 3.8) is 0 Å². The molecule has 1 heterocycles. The van der Waals surface area contributed by atoms with E-state index >= 15 is 0 Å². The molecular weight excluding hydrogens is 390 g/mol. The fourth-order valence-electron chi connectivity index (χ4n) is 4.00. The first-order valence-corrected chi connectivity index (χ1v) is 11.3. The van der Waals surface area contributed by atoms with Gasteiger partial charge in [-0.25, -0.2) is 4.98 Å². The number of hydrogen-bond acceptors (Lipinski definition) is 4. The van der Waals surface area contributed by atoms with Gasteiger partial charge in [0.25, 0.3) is 5.91 Å². The van der Waals surface area contributed by atoms with Crippen molar-refractivity contribution in [3.8, 4) is 10.6 Å². The molecule has 1 fully saturated rings. The molecule has 4 nitrogen and oxygen atoms in total. The van der Waals surface area contributed by atoms with Gasteiger partial charge in [-0.2, -0.15) is 0 Å². The molecule has 1 saturated carbocycles. The lowest BCUT2D eigenvalue weighted by Crippen LogP contribution is -2.40. The summed E-state index contributed by atoms with van der Waals surface area (Å²) in [5.41, 5.74) is 2.91. The zero-order chi connectivity index (χ0) is 20.3. The number of likely N-dealkylation sites (N-methyl/N-ethyl adjacent to an activating group) is 2. The van der Waals surface area contributed by atoms with Crippen LogP contribution in [-0.4, -0.2) is 53.4 Å². The Morgan fingerprint density at radius 3 is 2.61 bits per heavy atom. The Hall–Kier alpha value is -1.43. The predicted molar refractivity (Wildman–Crippen MR) is 118 cm³/mol. The van der Waals surface area contributed by atoms with Gasteiger partial charge in [0.15, 0.2) is 0 Å². The molecular formula is C22H30ClN3OS. The molecule has 0 aliphatic heterocycles. The van der Waals surface area contributed by atoms with E-state index in [9.17, 15) is 4.79 Å². The minimum atomic E-state index is 0.0651. The van der Waals surface area contributed by atoms with E-state index in [4.69, 9.17) is 11.6 Å². The molecule has 0 atom stereocenters. The van der Waals surface area contributed by atoms with E-state index in [2.05, 4.69) is 16.8 Å². The highest BCUT2D eigenvalue weighted by Crippen LogP contribution is 2.32. The number of carbonyl (C=O) groups excluding carboxylic acids is 1. The number of amides is 1. The van der Waals surface area contributed by atoms with Gasteiger partial charge in [0.05, 0.1) is 5.69 Å². The van der Waals surface area contributed by atoms with E-state index in [-0.39, 0.29) is 5.91 Å². The van der Waals surface area contributed by atoms with Crippen molar-refractivity contribution in [2.75, 3.05) is 26.7 Å². The maximum Gasteiger partial charge on any atom is 0.265 e. The largest absolute Gasteiger partial charge is 0.340 e. The van der Waals surface area contributed by atoms with Crippen LogP contribution in [0.15, 0.2) is 18.2 Å². The first-order chi connectivity index (χ1) is 13.4. The van der Waals surface area contributed by atoms with Crippen molar-refractivity contribution in [2.45, 2.75) is 52.5 Å². The average molecular weight is 420 g/mol. The molecule has 0 saturated heterocycles. The van der Waals surface area contributed by atoms with Crippen LogP contribution in [0.4, 0.5) is 0 Å². The molecule has 2 aromatic rings. The normalized spacial score (nSPS) is 14.8. The number of nitrogens with zero attached hydrogens (tertiary/aromatic N) is 3. The Labute approximate surface area is 177 Å². The summed E-state index contributed by atoms with van der Waals surface area (Å²) >= 11 is 7.55. The highest BCUT2D eigenvalue weighted by Gasteiger charge is 2.24. The number of carbonyl (C=O) groups is 1. The topological polar surface area (TPSA) is 36.4 Å². The molecule has 0 bridgehead atoms. The van der Waals surface area contributed by atoms with E-state index in [1.807, 2.05) is 44.0 Å². The van der Waals surface area contributed by atoms with E-state index in [0.717, 1.165) is 46.3 Å². The molecule has 1 aromatic heterocycles. The van der Waals surface area contributed by atoms with Gasteiger partial charge in [-0.15, -0.1) is 11.3 Å². The molecule has 1 aliphatic rings. The second kappa shape index (κ2) is 9.38. The number of hydrogen-bond donors (Lipinski definition) is 0. The Kier molecular flexibility index (Phi) is 7.13. The third-order valence-electron chi connectivity index (χ3n) is 5.73. The summed E-state index contributed by atoms with van der Waals surface area (Å²) in [6.07, 6.45) is 5.26. The van der Waals surface area contributed by atoms with Gasteiger partial charge >= 0.3 is 0 Å². The van der Waals surface area contributed by atoms with Crippen LogP contribution < -0.4 is 0 Å². The lowest BCUT2D eigenvalue weighted by atomic mass is 10.1. The van der Waals surface area contributed by atoms with Crippen LogP contribution in [0.5, 0.6) is 0 Å². The standard InChI is InChI=1S/C22H30ClN3OS/c1-5-26(18-8-6-7-9-18)13-12-25(4)22(27)20-16(3)24-21(28-20)19-11-10-17(23)14-15(19)2/h10-11,14,18H,5-9,12-13H2,1-4H3. The maximum absolute atomic E-state index is 13.0. The van der Waals surface area contributed by atoms with E-state index in [1.54, 1.807) is 0 Å². The Morgan fingerprint density at radius 1 is 1.25 bits per heavy atom. The second-order valence-corrected chi connectivity index (χ2v) is 9.12. The van der Waals surface area contributed by atoms with Crippen molar-refractivity contribution in [1.29, 1.82) is 0 Å². The van der Waals surface area contributed by atoms with Crippen molar-refractivity contribution in [3.05, 3.63) is 39.4 Å². The van der Waals surface area contributed by atoms with Gasteiger partial charge in [0.2, 0.25) is 0 Å². The van der Waals surface area contributed by atoms with Gasteiger partial charge in [0, 0.05) is 36.8 Å². The quantitative estimate of drug-likeness (QED) is 0.601. The predicted octanol–water partition coefficient (Wildman–Crippen LogP) is 5.42. The van der Waals surface area contributed by atoms with E-state index in [0.29, 0.717) is 11.1 Å². The summed E-state index contributed by atoms with van der Waals surface area (Å²) in [5, 5.41) is 1.60. The van der Waals surface area contributed by atoms with Gasteiger partial charge in [0.1, 0.15) is 9.88 Å². The highest BCUT2D eigenvalue weighted by molar-refractivity contribution is 7.17. The van der Waals surface area contributed by atoms with Crippen LogP contribution >= 0.6 is 22.9 Å². The van der Waals surface area contributed by atoms with Crippen molar-refractivity contribution < 1.29 is 4.79 Å². The number of aryl methyl sites for hydroxylation is 2. The van der Waals surface area contributed by atoms with Crippen LogP contribution in [0, 0.1) is 13.8 Å². The van der Waals surface area contributed by atoms with E-state index < -0.39 is 0 Å². The molecule has 152 valence electrons. The van der Waals surface area contributed by atoms with Crippen LogP contribution in [0.2, 0.25) is 5.02 Å².